The molecule has 0 fully saturated rings. The number of hydrogen-bond acceptors (Lipinski definition) is 1. The molecule has 1 radical (unpaired) electrons. The lowest BCUT2D eigenvalue weighted by molar-refractivity contribution is 0.0369. The molecular weight excluding hydrogens is 92.1 g/mol. The van der Waals surface area contributed by atoms with Gasteiger partial charge in [-0.3, -0.25) is 0 Å². The van der Waals surface area contributed by atoms with Crippen LogP contribution in [0.5, 0.6) is 0 Å². The molecule has 1 N–H and O–H groups in total. The second kappa shape index (κ2) is 2.28. The van der Waals surface area contributed by atoms with Crippen LogP contribution in [0.2, 0.25) is 0 Å². The smallest absolute Gasteiger partial charge is 0.0849 e. The summed E-state index contributed by atoms with van der Waals surface area (Å²) in [6.45, 7) is 3.07. The van der Waals surface area contributed by atoms with Crippen LogP contribution in [-0.2, 0) is 5.11 Å². The molecule has 0 aliphatic carbocycles. The maximum Gasteiger partial charge on any atom is 0.0849 e. The Morgan fingerprint density at radius 1 is 1.57 bits per heavy atom. The monoisotopic (exact) mass is 103 g/mol. The van der Waals surface area contributed by atoms with Crippen LogP contribution in [0.15, 0.2) is 0 Å². The van der Waals surface area contributed by atoms with Crippen molar-refractivity contribution in [2.24, 2.45) is 0 Å². The van der Waals surface area contributed by atoms with E-state index < -0.39 is 5.60 Å². The molecule has 0 aliphatic rings. The van der Waals surface area contributed by atoms with Gasteiger partial charge in [-0.05, 0) is 13.8 Å². The third kappa shape index (κ3) is 5.92. The first-order chi connectivity index (χ1) is 3.06. The molecule has 0 bridgehead atoms. The molecule has 0 unspecified atom stereocenters. The molecule has 2 heteroatoms. The van der Waals surface area contributed by atoms with Crippen molar-refractivity contribution in [1.29, 1.82) is 0 Å². The van der Waals surface area contributed by atoms with Crippen LogP contribution >= 0.6 is 0 Å². The zero-order valence-electron chi connectivity index (χ0n) is 4.77. The second-order valence-corrected chi connectivity index (χ2v) is 2.27. The zero-order chi connectivity index (χ0) is 5.91. The Balaban J connectivity index is 3.15. The largest absolute Gasteiger partial charge is 0.390 e. The first kappa shape index (κ1) is 6.92. The lowest BCUT2D eigenvalue weighted by Gasteiger charge is -2.12. The van der Waals surface area contributed by atoms with Gasteiger partial charge in [0.05, 0.1) is 12.2 Å². The summed E-state index contributed by atoms with van der Waals surface area (Å²) in [6, 6.07) is 0. The number of hydrogen-bond donors (Lipinski definition) is 1. The molecule has 2 nitrogen and oxygen atoms in total. The highest BCUT2D eigenvalue weighted by Gasteiger charge is 2.09. The van der Waals surface area contributed by atoms with Gasteiger partial charge >= 0.3 is 0 Å². The summed E-state index contributed by atoms with van der Waals surface area (Å²) in [5, 5.41) is 18.6. The van der Waals surface area contributed by atoms with Crippen LogP contribution in [0.3, 0.4) is 0 Å². The van der Waals surface area contributed by atoms with Crippen LogP contribution in [-0.4, -0.2) is 17.3 Å². The highest BCUT2D eigenvalue weighted by Crippen LogP contribution is 2.04. The average Bonchev–Trinajstić information content (AvgIpc) is 1.30. The van der Waals surface area contributed by atoms with Gasteiger partial charge in [0.2, 0.25) is 0 Å². The molecule has 0 amide bonds. The van der Waals surface area contributed by atoms with E-state index >= 15 is 0 Å². The van der Waals surface area contributed by atoms with E-state index in [0.717, 1.165) is 0 Å². The van der Waals surface area contributed by atoms with E-state index in [4.69, 9.17) is 5.11 Å². The maximum absolute atomic E-state index is 9.79. The number of rotatable bonds is 2. The van der Waals surface area contributed by atoms with E-state index in [-0.39, 0.29) is 6.61 Å². The molecule has 0 aliphatic heterocycles. The SMILES string of the molecule is CC(C)(O)CC[O]. The average molecular weight is 103 g/mol. The van der Waals surface area contributed by atoms with Crippen molar-refractivity contribution in [2.45, 2.75) is 25.9 Å². The van der Waals surface area contributed by atoms with Crippen LogP contribution in [0, 0.1) is 0 Å². The predicted molar refractivity (Wildman–Crippen MR) is 26.5 cm³/mol. The predicted octanol–water partition coefficient (Wildman–Crippen LogP) is 0.578. The summed E-state index contributed by atoms with van der Waals surface area (Å²) in [5.74, 6) is 0. The molecular formula is C5H11O2. The van der Waals surface area contributed by atoms with Crippen LogP contribution in [0.4, 0.5) is 0 Å². The molecule has 0 rings (SSSR count). The Morgan fingerprint density at radius 2 is 2.00 bits per heavy atom. The summed E-state index contributed by atoms with van der Waals surface area (Å²) in [6.07, 6.45) is 0.340. The molecule has 0 spiro atoms. The normalized spacial score (nSPS) is 12.0. The highest BCUT2D eigenvalue weighted by molar-refractivity contribution is 4.62. The van der Waals surface area contributed by atoms with E-state index in [1.165, 1.54) is 0 Å². The highest BCUT2D eigenvalue weighted by atomic mass is 16.3. The summed E-state index contributed by atoms with van der Waals surface area (Å²) in [5.41, 5.74) is -0.762. The minimum Gasteiger partial charge on any atom is -0.390 e. The van der Waals surface area contributed by atoms with Gasteiger partial charge in [-0.2, -0.15) is 0 Å². The Labute approximate surface area is 43.8 Å². The Kier molecular flexibility index (Phi) is 2.26. The van der Waals surface area contributed by atoms with Gasteiger partial charge in [-0.15, -0.1) is 0 Å². The van der Waals surface area contributed by atoms with Gasteiger partial charge < -0.3 is 5.11 Å². The van der Waals surface area contributed by atoms with E-state index in [1.54, 1.807) is 13.8 Å². The molecule has 0 saturated heterocycles. The first-order valence-electron chi connectivity index (χ1n) is 2.37. The molecule has 7 heavy (non-hydrogen) atoms. The zero-order valence-corrected chi connectivity index (χ0v) is 4.77. The molecule has 43 valence electrons. The fraction of sp³-hybridized carbons (Fsp3) is 1.00. The Hall–Kier alpha value is -0.0800. The van der Waals surface area contributed by atoms with E-state index in [2.05, 4.69) is 0 Å². The van der Waals surface area contributed by atoms with E-state index in [9.17, 15) is 5.11 Å². The van der Waals surface area contributed by atoms with Crippen molar-refractivity contribution in [3.05, 3.63) is 0 Å². The van der Waals surface area contributed by atoms with Crippen LogP contribution in [0.25, 0.3) is 0 Å². The van der Waals surface area contributed by atoms with E-state index in [0.29, 0.717) is 6.42 Å². The third-order valence-corrected chi connectivity index (χ3v) is 0.714. The van der Waals surface area contributed by atoms with Crippen molar-refractivity contribution < 1.29 is 10.2 Å². The van der Waals surface area contributed by atoms with E-state index in [1.807, 2.05) is 0 Å². The van der Waals surface area contributed by atoms with Crippen molar-refractivity contribution in [3.63, 3.8) is 0 Å². The fourth-order valence-corrected chi connectivity index (χ4v) is 0.250. The van der Waals surface area contributed by atoms with Gasteiger partial charge in [0, 0.05) is 6.42 Å². The van der Waals surface area contributed by atoms with Crippen LogP contribution < -0.4 is 0 Å². The number of aliphatic hydroxyl groups is 1. The summed E-state index contributed by atoms with van der Waals surface area (Å²) < 4.78 is 0. The van der Waals surface area contributed by atoms with Crippen molar-refractivity contribution >= 4 is 0 Å². The van der Waals surface area contributed by atoms with Gasteiger partial charge in [0.25, 0.3) is 0 Å². The lowest BCUT2D eigenvalue weighted by atomic mass is 10.1. The lowest BCUT2D eigenvalue weighted by Crippen LogP contribution is -2.19. The van der Waals surface area contributed by atoms with Gasteiger partial charge in [-0.1, -0.05) is 0 Å². The summed E-state index contributed by atoms with van der Waals surface area (Å²) in [7, 11) is 0. The van der Waals surface area contributed by atoms with Gasteiger partial charge in [0.1, 0.15) is 0 Å². The third-order valence-electron chi connectivity index (χ3n) is 0.714. The Morgan fingerprint density at radius 3 is 2.00 bits per heavy atom. The summed E-state index contributed by atoms with van der Waals surface area (Å²) >= 11 is 0. The minimum atomic E-state index is -0.762. The molecule has 0 atom stereocenters. The molecule has 0 saturated carbocycles. The molecule has 0 aromatic carbocycles. The minimum absolute atomic E-state index is 0.191. The first-order valence-corrected chi connectivity index (χ1v) is 2.37. The van der Waals surface area contributed by atoms with Crippen molar-refractivity contribution in [1.82, 2.24) is 0 Å². The van der Waals surface area contributed by atoms with Gasteiger partial charge in [0.15, 0.2) is 0 Å². The molecule has 0 aromatic rings. The standard InChI is InChI=1S/C5H11O2/c1-5(2,7)3-4-6/h7H,3-4H2,1-2H3. The quantitative estimate of drug-likeness (QED) is 0.545. The topological polar surface area (TPSA) is 40.1 Å². The van der Waals surface area contributed by atoms with Crippen LogP contribution in [0.1, 0.15) is 20.3 Å². The van der Waals surface area contributed by atoms with Crippen molar-refractivity contribution in [2.75, 3.05) is 6.61 Å². The van der Waals surface area contributed by atoms with Gasteiger partial charge in [-0.25, -0.2) is 5.11 Å². The Bertz CT molecular complexity index is 44.5. The fourth-order valence-electron chi connectivity index (χ4n) is 0.250. The second-order valence-electron chi connectivity index (χ2n) is 2.27. The summed E-state index contributed by atoms with van der Waals surface area (Å²) in [4.78, 5) is 0. The molecule has 0 aromatic heterocycles. The maximum atomic E-state index is 9.79. The molecule has 0 heterocycles. The van der Waals surface area contributed by atoms with Crippen molar-refractivity contribution in [3.8, 4) is 0 Å².